The average molecular weight is 408 g/mol. The lowest BCUT2D eigenvalue weighted by atomic mass is 10.1. The third-order valence-electron chi connectivity index (χ3n) is 3.42. The summed E-state index contributed by atoms with van der Waals surface area (Å²) in [5.41, 5.74) is 0.663. The predicted octanol–water partition coefficient (Wildman–Crippen LogP) is 2.04. The molecule has 0 amide bonds. The Labute approximate surface area is 148 Å². The second-order valence-electron chi connectivity index (χ2n) is 5.04. The highest BCUT2D eigenvalue weighted by molar-refractivity contribution is 7.90. The first-order valence-corrected chi connectivity index (χ1v) is 10.3. The van der Waals surface area contributed by atoms with Gasteiger partial charge in [0.15, 0.2) is 0 Å². The maximum Gasteiger partial charge on any atom is 0.244 e. The minimum Gasteiger partial charge on any atom is -0.364 e. The minimum absolute atomic E-state index is 0.149. The molecular weight excluding hydrogens is 397 g/mol. The Balaban J connectivity index is 2.16. The summed E-state index contributed by atoms with van der Waals surface area (Å²) in [7, 11) is -8.17. The van der Waals surface area contributed by atoms with E-state index in [1.807, 2.05) is 0 Å². The third kappa shape index (κ3) is 3.10. The standard InChI is InChI=1S/C13H11Cl2N3O4S2/c14-8-4-2-1-3-7(8)13-17-10-5-9(15)11(23(16,19)20)6-12(10)24(21,22)18-13/h1-6,13,17-18H,(H2,16,19,20). The molecule has 11 heteroatoms. The van der Waals surface area contributed by atoms with E-state index in [0.29, 0.717) is 10.6 Å². The van der Waals surface area contributed by atoms with Gasteiger partial charge in [-0.15, -0.1) is 0 Å². The lowest BCUT2D eigenvalue weighted by Gasteiger charge is -2.29. The monoisotopic (exact) mass is 407 g/mol. The zero-order valence-electron chi connectivity index (χ0n) is 11.8. The molecule has 1 atom stereocenters. The molecule has 2 aromatic rings. The van der Waals surface area contributed by atoms with Gasteiger partial charge < -0.3 is 5.32 Å². The molecule has 0 spiro atoms. The highest BCUT2D eigenvalue weighted by Gasteiger charge is 2.33. The molecule has 0 fully saturated rings. The van der Waals surface area contributed by atoms with E-state index < -0.39 is 31.1 Å². The maximum atomic E-state index is 12.5. The number of nitrogens with two attached hydrogens (primary N) is 1. The summed E-state index contributed by atoms with van der Waals surface area (Å²) in [4.78, 5) is -0.731. The number of fused-ring (bicyclic) bond motifs is 1. The van der Waals surface area contributed by atoms with Gasteiger partial charge in [0.25, 0.3) is 0 Å². The van der Waals surface area contributed by atoms with E-state index in [-0.39, 0.29) is 15.6 Å². The number of benzene rings is 2. The van der Waals surface area contributed by atoms with Crippen molar-refractivity contribution in [2.45, 2.75) is 16.0 Å². The second-order valence-corrected chi connectivity index (χ2v) is 9.07. The van der Waals surface area contributed by atoms with Crippen molar-refractivity contribution >= 4 is 48.9 Å². The molecule has 128 valence electrons. The van der Waals surface area contributed by atoms with Crippen LogP contribution in [0.4, 0.5) is 5.69 Å². The van der Waals surface area contributed by atoms with Crippen LogP contribution in [0, 0.1) is 0 Å². The molecule has 0 saturated heterocycles. The molecule has 1 unspecified atom stereocenters. The number of anilines is 1. The van der Waals surface area contributed by atoms with Gasteiger partial charge in [-0.1, -0.05) is 41.4 Å². The van der Waals surface area contributed by atoms with Crippen LogP contribution in [0.15, 0.2) is 46.2 Å². The van der Waals surface area contributed by atoms with Crippen molar-refractivity contribution in [3.8, 4) is 0 Å². The number of hydrogen-bond acceptors (Lipinski definition) is 5. The summed E-state index contributed by atoms with van der Waals surface area (Å²) < 4.78 is 50.4. The van der Waals surface area contributed by atoms with Crippen LogP contribution in [0.3, 0.4) is 0 Å². The Hall–Kier alpha value is -1.36. The summed E-state index contributed by atoms with van der Waals surface area (Å²) in [5.74, 6) is 0. The Morgan fingerprint density at radius 1 is 1.08 bits per heavy atom. The van der Waals surface area contributed by atoms with Crippen LogP contribution < -0.4 is 15.2 Å². The van der Waals surface area contributed by atoms with Gasteiger partial charge in [0.2, 0.25) is 20.0 Å². The summed E-state index contributed by atoms with van der Waals surface area (Å²) in [6, 6.07) is 8.84. The Morgan fingerprint density at radius 3 is 2.38 bits per heavy atom. The first-order valence-electron chi connectivity index (χ1n) is 6.49. The van der Waals surface area contributed by atoms with Crippen LogP contribution in [-0.4, -0.2) is 16.8 Å². The second kappa shape index (κ2) is 5.87. The van der Waals surface area contributed by atoms with Gasteiger partial charge in [0.1, 0.15) is 16.0 Å². The van der Waals surface area contributed by atoms with Gasteiger partial charge in [-0.05, 0) is 18.2 Å². The van der Waals surface area contributed by atoms with E-state index in [9.17, 15) is 16.8 Å². The smallest absolute Gasteiger partial charge is 0.244 e. The van der Waals surface area contributed by atoms with E-state index in [0.717, 1.165) is 6.07 Å². The summed E-state index contributed by atoms with van der Waals surface area (Å²) in [6.07, 6.45) is -0.826. The molecule has 1 aliphatic rings. The number of primary sulfonamides is 1. The Kier molecular flexibility index (Phi) is 4.27. The molecule has 24 heavy (non-hydrogen) atoms. The van der Waals surface area contributed by atoms with E-state index in [2.05, 4.69) is 10.0 Å². The zero-order valence-corrected chi connectivity index (χ0v) is 15.0. The van der Waals surface area contributed by atoms with Crippen LogP contribution in [0.25, 0.3) is 0 Å². The highest BCUT2D eigenvalue weighted by Crippen LogP contribution is 2.37. The van der Waals surface area contributed by atoms with Crippen molar-refractivity contribution in [3.63, 3.8) is 0 Å². The van der Waals surface area contributed by atoms with Crippen molar-refractivity contribution < 1.29 is 16.8 Å². The minimum atomic E-state index is -4.16. The number of sulfonamides is 2. The lowest BCUT2D eigenvalue weighted by molar-refractivity contribution is 0.562. The van der Waals surface area contributed by atoms with Crippen molar-refractivity contribution in [2.75, 3.05) is 5.32 Å². The molecule has 0 bridgehead atoms. The molecule has 1 aliphatic heterocycles. The summed E-state index contributed by atoms with van der Waals surface area (Å²) >= 11 is 12.0. The van der Waals surface area contributed by atoms with Crippen molar-refractivity contribution in [1.29, 1.82) is 0 Å². The average Bonchev–Trinajstić information content (AvgIpc) is 2.44. The highest BCUT2D eigenvalue weighted by atomic mass is 35.5. The molecule has 0 aromatic heterocycles. The van der Waals surface area contributed by atoms with Crippen LogP contribution in [0.5, 0.6) is 0 Å². The number of halogens is 2. The maximum absolute atomic E-state index is 12.5. The van der Waals surface area contributed by atoms with Crippen LogP contribution in [0.1, 0.15) is 11.7 Å². The first-order chi connectivity index (χ1) is 11.1. The molecule has 4 N–H and O–H groups in total. The van der Waals surface area contributed by atoms with E-state index in [1.54, 1.807) is 24.3 Å². The molecule has 0 saturated carbocycles. The van der Waals surface area contributed by atoms with Gasteiger partial charge in [-0.3, -0.25) is 0 Å². The number of nitrogens with one attached hydrogen (secondary N) is 2. The Morgan fingerprint density at radius 2 is 1.75 bits per heavy atom. The number of hydrogen-bond donors (Lipinski definition) is 3. The molecule has 3 rings (SSSR count). The largest absolute Gasteiger partial charge is 0.364 e. The van der Waals surface area contributed by atoms with Gasteiger partial charge in [0.05, 0.1) is 10.7 Å². The van der Waals surface area contributed by atoms with Crippen LogP contribution in [-0.2, 0) is 20.0 Å². The van der Waals surface area contributed by atoms with E-state index >= 15 is 0 Å². The molecule has 2 aromatic carbocycles. The van der Waals surface area contributed by atoms with Crippen LogP contribution in [0.2, 0.25) is 10.0 Å². The van der Waals surface area contributed by atoms with Crippen molar-refractivity contribution in [3.05, 3.63) is 52.0 Å². The SMILES string of the molecule is NS(=O)(=O)c1cc2c(cc1Cl)NC(c1ccccc1Cl)NS2(=O)=O. The topological polar surface area (TPSA) is 118 Å². The molecule has 0 radical (unpaired) electrons. The fraction of sp³-hybridized carbons (Fsp3) is 0.0769. The van der Waals surface area contributed by atoms with E-state index in [1.165, 1.54) is 6.07 Å². The van der Waals surface area contributed by atoms with Crippen molar-refractivity contribution in [2.24, 2.45) is 5.14 Å². The van der Waals surface area contributed by atoms with Gasteiger partial charge in [-0.25, -0.2) is 22.0 Å². The van der Waals surface area contributed by atoms with Crippen molar-refractivity contribution in [1.82, 2.24) is 4.72 Å². The zero-order chi connectivity index (χ0) is 17.7. The van der Waals surface area contributed by atoms with Gasteiger partial charge in [-0.2, -0.15) is 4.72 Å². The fourth-order valence-electron chi connectivity index (χ4n) is 2.34. The molecular formula is C13H11Cl2N3O4S2. The normalized spacial score (nSPS) is 19.4. The summed E-state index contributed by atoms with van der Waals surface area (Å²) in [5, 5.41) is 8.17. The Bertz CT molecular complexity index is 1040. The quantitative estimate of drug-likeness (QED) is 0.703. The predicted molar refractivity (Wildman–Crippen MR) is 91.0 cm³/mol. The fourth-order valence-corrected chi connectivity index (χ4v) is 5.06. The van der Waals surface area contributed by atoms with E-state index in [4.69, 9.17) is 28.3 Å². The lowest BCUT2D eigenvalue weighted by Crippen LogP contribution is -2.38. The third-order valence-corrected chi connectivity index (χ3v) is 6.60. The van der Waals surface area contributed by atoms with Crippen LogP contribution >= 0.6 is 23.2 Å². The molecule has 1 heterocycles. The molecule has 7 nitrogen and oxygen atoms in total. The van der Waals surface area contributed by atoms with Gasteiger partial charge in [0, 0.05) is 10.6 Å². The summed E-state index contributed by atoms with van der Waals surface area (Å²) in [6.45, 7) is 0. The number of rotatable bonds is 2. The molecule has 0 aliphatic carbocycles. The first kappa shape index (κ1) is 17.5. The van der Waals surface area contributed by atoms with Gasteiger partial charge >= 0.3 is 0 Å².